The van der Waals surface area contributed by atoms with Crippen LogP contribution in [0.3, 0.4) is 0 Å². The van der Waals surface area contributed by atoms with Crippen LogP contribution >= 0.6 is 12.2 Å². The highest BCUT2D eigenvalue weighted by Gasteiger charge is 2.10. The van der Waals surface area contributed by atoms with Crippen molar-refractivity contribution in [3.05, 3.63) is 36.4 Å². The van der Waals surface area contributed by atoms with Gasteiger partial charge in [-0.15, -0.1) is 6.58 Å². The lowest BCUT2D eigenvalue weighted by molar-refractivity contribution is -0.0493. The fourth-order valence-corrected chi connectivity index (χ4v) is 1.45. The van der Waals surface area contributed by atoms with Crippen LogP contribution < -0.4 is 15.4 Å². The molecule has 0 saturated heterocycles. The van der Waals surface area contributed by atoms with Crippen LogP contribution in [0.2, 0.25) is 0 Å². The summed E-state index contributed by atoms with van der Waals surface area (Å²) in [5.74, 6) is 0.0627. The van der Waals surface area contributed by atoms with E-state index in [0.717, 1.165) is 5.56 Å². The average molecular weight is 272 g/mol. The zero-order valence-corrected chi connectivity index (χ0v) is 10.7. The first kappa shape index (κ1) is 14.4. The monoisotopic (exact) mass is 272 g/mol. The van der Waals surface area contributed by atoms with Crippen molar-refractivity contribution in [2.75, 3.05) is 11.9 Å². The molecule has 0 aliphatic heterocycles. The Morgan fingerprint density at radius 1 is 1.56 bits per heavy atom. The zero-order valence-electron chi connectivity index (χ0n) is 9.87. The Balaban J connectivity index is 2.80. The van der Waals surface area contributed by atoms with E-state index in [9.17, 15) is 8.78 Å². The molecule has 3 nitrogen and oxygen atoms in total. The second-order valence-electron chi connectivity index (χ2n) is 3.50. The maximum atomic E-state index is 12.3. The minimum Gasteiger partial charge on any atom is -0.433 e. The van der Waals surface area contributed by atoms with E-state index in [2.05, 4.69) is 21.9 Å². The van der Waals surface area contributed by atoms with Crippen LogP contribution in [-0.4, -0.2) is 18.3 Å². The predicted octanol–water partition coefficient (Wildman–Crippen LogP) is 3.07. The Hall–Kier alpha value is -1.69. The SMILES string of the molecule is C=CCNC(=S)Nc1ccc(C)cc1OC(F)F. The Kier molecular flexibility index (Phi) is 5.51. The van der Waals surface area contributed by atoms with Gasteiger partial charge in [-0.3, -0.25) is 0 Å². The third kappa shape index (κ3) is 4.67. The lowest BCUT2D eigenvalue weighted by atomic mass is 10.2. The molecule has 18 heavy (non-hydrogen) atoms. The number of alkyl halides is 2. The molecule has 1 aromatic carbocycles. The minimum atomic E-state index is -2.87. The number of thiocarbonyl (C=S) groups is 1. The predicted molar refractivity (Wildman–Crippen MR) is 72.2 cm³/mol. The summed E-state index contributed by atoms with van der Waals surface area (Å²) in [6.45, 7) is 2.94. The molecule has 0 atom stereocenters. The van der Waals surface area contributed by atoms with Gasteiger partial charge in [-0.1, -0.05) is 12.1 Å². The van der Waals surface area contributed by atoms with E-state index < -0.39 is 6.61 Å². The number of nitrogens with one attached hydrogen (secondary N) is 2. The quantitative estimate of drug-likeness (QED) is 0.637. The van der Waals surface area contributed by atoms with Crippen LogP contribution in [-0.2, 0) is 0 Å². The van der Waals surface area contributed by atoms with E-state index in [4.69, 9.17) is 12.2 Å². The van der Waals surface area contributed by atoms with Gasteiger partial charge in [-0.2, -0.15) is 8.78 Å². The van der Waals surface area contributed by atoms with Gasteiger partial charge in [0, 0.05) is 6.54 Å². The van der Waals surface area contributed by atoms with E-state index in [1.165, 1.54) is 6.07 Å². The molecule has 6 heteroatoms. The Morgan fingerprint density at radius 3 is 2.89 bits per heavy atom. The smallest absolute Gasteiger partial charge is 0.387 e. The molecular weight excluding hydrogens is 258 g/mol. The van der Waals surface area contributed by atoms with Crippen molar-refractivity contribution in [3.63, 3.8) is 0 Å². The molecule has 0 heterocycles. The van der Waals surface area contributed by atoms with Crippen molar-refractivity contribution < 1.29 is 13.5 Å². The molecule has 1 rings (SSSR count). The Bertz CT molecular complexity index is 438. The van der Waals surface area contributed by atoms with Gasteiger partial charge in [0.15, 0.2) is 5.11 Å². The van der Waals surface area contributed by atoms with Gasteiger partial charge in [0.2, 0.25) is 0 Å². The van der Waals surface area contributed by atoms with Gasteiger partial charge >= 0.3 is 6.61 Å². The molecule has 0 aromatic heterocycles. The lowest BCUT2D eigenvalue weighted by Crippen LogP contribution is -2.28. The van der Waals surface area contributed by atoms with Gasteiger partial charge < -0.3 is 15.4 Å². The highest BCUT2D eigenvalue weighted by atomic mass is 32.1. The number of rotatable bonds is 5. The maximum Gasteiger partial charge on any atom is 0.387 e. The second kappa shape index (κ2) is 6.90. The molecule has 0 radical (unpaired) electrons. The number of benzene rings is 1. The average Bonchev–Trinajstić information content (AvgIpc) is 2.29. The van der Waals surface area contributed by atoms with E-state index in [1.807, 2.05) is 0 Å². The summed E-state index contributed by atoms with van der Waals surface area (Å²) in [4.78, 5) is 0. The molecule has 0 amide bonds. The van der Waals surface area contributed by atoms with E-state index >= 15 is 0 Å². The van der Waals surface area contributed by atoms with Gasteiger partial charge in [0.25, 0.3) is 0 Å². The van der Waals surface area contributed by atoms with E-state index in [-0.39, 0.29) is 5.75 Å². The third-order valence-corrected chi connectivity index (χ3v) is 2.25. The van der Waals surface area contributed by atoms with Gasteiger partial charge in [0.1, 0.15) is 5.75 Å². The first-order valence-corrected chi connectivity index (χ1v) is 5.65. The van der Waals surface area contributed by atoms with E-state index in [1.54, 1.807) is 25.1 Å². The van der Waals surface area contributed by atoms with Crippen molar-refractivity contribution in [2.45, 2.75) is 13.5 Å². The molecule has 0 aliphatic rings. The fraction of sp³-hybridized carbons (Fsp3) is 0.250. The molecule has 2 N–H and O–H groups in total. The molecule has 0 bridgehead atoms. The van der Waals surface area contributed by atoms with Crippen LogP contribution in [0.1, 0.15) is 5.56 Å². The summed E-state index contributed by atoms with van der Waals surface area (Å²) in [7, 11) is 0. The highest BCUT2D eigenvalue weighted by Crippen LogP contribution is 2.27. The molecule has 0 spiro atoms. The third-order valence-electron chi connectivity index (χ3n) is 2.01. The number of halogens is 2. The van der Waals surface area contributed by atoms with Crippen LogP contribution in [0.25, 0.3) is 0 Å². The molecule has 98 valence electrons. The number of ether oxygens (including phenoxy) is 1. The molecule has 0 unspecified atom stereocenters. The number of hydrogen-bond donors (Lipinski definition) is 2. The summed E-state index contributed by atoms with van der Waals surface area (Å²) >= 11 is 4.99. The van der Waals surface area contributed by atoms with Gasteiger partial charge in [-0.25, -0.2) is 0 Å². The summed E-state index contributed by atoms with van der Waals surface area (Å²) in [6.07, 6.45) is 1.64. The lowest BCUT2D eigenvalue weighted by Gasteiger charge is -2.14. The largest absolute Gasteiger partial charge is 0.433 e. The topological polar surface area (TPSA) is 33.3 Å². The second-order valence-corrected chi connectivity index (χ2v) is 3.91. The van der Waals surface area contributed by atoms with Gasteiger partial charge in [-0.05, 0) is 36.8 Å². The molecule has 1 aromatic rings. The summed E-state index contributed by atoms with van der Waals surface area (Å²) in [6, 6.07) is 4.93. The van der Waals surface area contributed by atoms with Crippen LogP contribution in [0.4, 0.5) is 14.5 Å². The number of anilines is 1. The molecule has 0 fully saturated rings. The molecule has 0 saturated carbocycles. The van der Waals surface area contributed by atoms with Crippen molar-refractivity contribution in [3.8, 4) is 5.75 Å². The Labute approximate surface area is 110 Å². The first-order chi connectivity index (χ1) is 8.52. The summed E-state index contributed by atoms with van der Waals surface area (Å²) < 4.78 is 28.9. The van der Waals surface area contributed by atoms with Gasteiger partial charge in [0.05, 0.1) is 5.69 Å². The zero-order chi connectivity index (χ0) is 13.5. The van der Waals surface area contributed by atoms with Crippen LogP contribution in [0.15, 0.2) is 30.9 Å². The summed E-state index contributed by atoms with van der Waals surface area (Å²) in [5.41, 5.74) is 1.21. The standard InChI is InChI=1S/C12H14F2N2OS/c1-3-6-15-12(18)16-9-5-4-8(2)7-10(9)17-11(13)14/h3-5,7,11H,1,6H2,2H3,(H2,15,16,18). The number of aryl methyl sites for hydroxylation is 1. The highest BCUT2D eigenvalue weighted by molar-refractivity contribution is 7.80. The summed E-state index contributed by atoms with van der Waals surface area (Å²) in [5, 5.41) is 5.94. The van der Waals surface area contributed by atoms with Crippen LogP contribution in [0.5, 0.6) is 5.75 Å². The molecule has 0 aliphatic carbocycles. The Morgan fingerprint density at radius 2 is 2.28 bits per heavy atom. The van der Waals surface area contributed by atoms with Crippen molar-refractivity contribution in [1.29, 1.82) is 0 Å². The van der Waals surface area contributed by atoms with Crippen molar-refractivity contribution in [2.24, 2.45) is 0 Å². The molecular formula is C12H14F2N2OS. The van der Waals surface area contributed by atoms with Crippen molar-refractivity contribution >= 4 is 23.0 Å². The first-order valence-electron chi connectivity index (χ1n) is 5.24. The van der Waals surface area contributed by atoms with Crippen molar-refractivity contribution in [1.82, 2.24) is 5.32 Å². The van der Waals surface area contributed by atoms with E-state index in [0.29, 0.717) is 17.3 Å². The normalized spacial score (nSPS) is 10.0. The fourth-order valence-electron chi connectivity index (χ4n) is 1.26. The maximum absolute atomic E-state index is 12.3. The van der Waals surface area contributed by atoms with Crippen LogP contribution in [0, 0.1) is 6.92 Å². The minimum absolute atomic E-state index is 0.0627. The number of hydrogen-bond acceptors (Lipinski definition) is 2.